The zero-order valence-electron chi connectivity index (χ0n) is 12.2. The highest BCUT2D eigenvalue weighted by atomic mass is 16.5. The van der Waals surface area contributed by atoms with E-state index in [1.54, 1.807) is 14.2 Å². The second kappa shape index (κ2) is 7.36. The van der Waals surface area contributed by atoms with Crippen molar-refractivity contribution in [3.05, 3.63) is 23.8 Å². The average molecular weight is 289 g/mol. The summed E-state index contributed by atoms with van der Waals surface area (Å²) >= 11 is 0. The lowest BCUT2D eigenvalue weighted by atomic mass is 10.1. The highest BCUT2D eigenvalue weighted by Crippen LogP contribution is 2.27. The Morgan fingerprint density at radius 2 is 2.19 bits per heavy atom. The van der Waals surface area contributed by atoms with Gasteiger partial charge >= 0.3 is 0 Å². The van der Waals surface area contributed by atoms with Crippen LogP contribution < -0.4 is 20.1 Å². The maximum absolute atomic E-state index is 8.51. The van der Waals surface area contributed by atoms with Crippen LogP contribution in [0.3, 0.4) is 0 Å². The summed E-state index contributed by atoms with van der Waals surface area (Å²) in [5.74, 6) is 2.00. The number of nitrogens with zero attached hydrogens (tertiary/aromatic N) is 3. The van der Waals surface area contributed by atoms with Crippen LogP contribution in [-0.2, 0) is 6.42 Å². The molecule has 112 valence electrons. The quantitative estimate of drug-likeness (QED) is 0.606. The second-order valence-electron chi connectivity index (χ2n) is 4.55. The molecule has 1 aliphatic heterocycles. The molecule has 0 unspecified atom stereocenters. The third-order valence-corrected chi connectivity index (χ3v) is 3.24. The van der Waals surface area contributed by atoms with Gasteiger partial charge < -0.3 is 14.8 Å². The molecular weight excluding hydrogens is 270 g/mol. The fraction of sp³-hybridized carbons (Fsp3) is 0.429. The number of guanidine groups is 1. The maximum atomic E-state index is 8.51. The molecule has 0 atom stereocenters. The zero-order chi connectivity index (χ0) is 15.1. The standard InChI is InChI=1S/C14H19N5O2/c1-20-12-4-3-11(7-13(12)21-2)5-6-19-9-17-14(16-8-15)18-10-19/h3-4,7H,5-6,9-10H2,1-2H3,(H2,16,17,18). The van der Waals surface area contributed by atoms with E-state index in [4.69, 9.17) is 14.7 Å². The number of benzene rings is 1. The Morgan fingerprint density at radius 3 is 2.81 bits per heavy atom. The van der Waals surface area contributed by atoms with Gasteiger partial charge in [0.2, 0.25) is 5.96 Å². The van der Waals surface area contributed by atoms with Gasteiger partial charge in [-0.1, -0.05) is 6.07 Å². The predicted octanol–water partition coefficient (Wildman–Crippen LogP) is 0.493. The van der Waals surface area contributed by atoms with Crippen LogP contribution in [0.1, 0.15) is 5.56 Å². The van der Waals surface area contributed by atoms with Crippen molar-refractivity contribution in [2.45, 2.75) is 6.42 Å². The Morgan fingerprint density at radius 1 is 1.38 bits per heavy atom. The van der Waals surface area contributed by atoms with Crippen molar-refractivity contribution >= 4 is 5.96 Å². The molecule has 1 aliphatic rings. The van der Waals surface area contributed by atoms with E-state index in [0.29, 0.717) is 19.3 Å². The van der Waals surface area contributed by atoms with Gasteiger partial charge in [0.05, 0.1) is 27.6 Å². The summed E-state index contributed by atoms with van der Waals surface area (Å²) in [6.07, 6.45) is 2.73. The lowest BCUT2D eigenvalue weighted by molar-refractivity contribution is 0.266. The molecule has 0 spiro atoms. The molecule has 0 saturated heterocycles. The SMILES string of the molecule is COc1ccc(CCN2CN=C(NC#N)NC2)cc1OC. The first kappa shape index (κ1) is 14.9. The monoisotopic (exact) mass is 289 g/mol. The van der Waals surface area contributed by atoms with Crippen LogP contribution in [0.15, 0.2) is 23.2 Å². The molecule has 0 fully saturated rings. The van der Waals surface area contributed by atoms with Crippen LogP contribution in [0, 0.1) is 11.5 Å². The van der Waals surface area contributed by atoms with E-state index in [2.05, 4.69) is 20.5 Å². The topological polar surface area (TPSA) is 81.9 Å². The molecule has 0 aromatic heterocycles. The normalized spacial score (nSPS) is 14.6. The van der Waals surface area contributed by atoms with Crippen molar-refractivity contribution < 1.29 is 9.47 Å². The number of rotatable bonds is 5. The number of nitrogens with one attached hydrogen (secondary N) is 2. The number of methoxy groups -OCH3 is 2. The van der Waals surface area contributed by atoms with E-state index in [1.165, 1.54) is 5.56 Å². The lowest BCUT2D eigenvalue weighted by Crippen LogP contribution is -2.47. The van der Waals surface area contributed by atoms with E-state index < -0.39 is 0 Å². The van der Waals surface area contributed by atoms with E-state index >= 15 is 0 Å². The predicted molar refractivity (Wildman–Crippen MR) is 79.0 cm³/mol. The van der Waals surface area contributed by atoms with Crippen molar-refractivity contribution in [2.24, 2.45) is 4.99 Å². The Hall–Kier alpha value is -2.46. The first-order chi connectivity index (χ1) is 10.3. The number of aliphatic imine (C=N–C) groups is 1. The van der Waals surface area contributed by atoms with Gasteiger partial charge in [-0.2, -0.15) is 5.26 Å². The average Bonchev–Trinajstić information content (AvgIpc) is 2.54. The molecule has 1 heterocycles. The van der Waals surface area contributed by atoms with E-state index in [-0.39, 0.29) is 0 Å². The number of hydrogen-bond acceptors (Lipinski definition) is 7. The molecule has 1 aromatic rings. The fourth-order valence-corrected chi connectivity index (χ4v) is 2.07. The summed E-state index contributed by atoms with van der Waals surface area (Å²) in [5, 5.41) is 14.0. The lowest BCUT2D eigenvalue weighted by Gasteiger charge is -2.25. The van der Waals surface area contributed by atoms with Crippen molar-refractivity contribution in [2.75, 3.05) is 34.1 Å². The summed E-state index contributed by atoms with van der Waals surface area (Å²) < 4.78 is 10.5. The van der Waals surface area contributed by atoms with Gasteiger partial charge in [0.15, 0.2) is 17.7 Å². The van der Waals surface area contributed by atoms with Gasteiger partial charge in [-0.15, -0.1) is 0 Å². The molecule has 0 radical (unpaired) electrons. The smallest absolute Gasteiger partial charge is 0.207 e. The van der Waals surface area contributed by atoms with Gasteiger partial charge in [-0.05, 0) is 24.1 Å². The number of ether oxygens (including phenoxy) is 2. The zero-order valence-corrected chi connectivity index (χ0v) is 12.2. The Bertz CT molecular complexity index is 553. The molecule has 7 nitrogen and oxygen atoms in total. The molecular formula is C14H19N5O2. The summed E-state index contributed by atoms with van der Waals surface area (Å²) in [7, 11) is 3.26. The Kier molecular flexibility index (Phi) is 5.23. The third-order valence-electron chi connectivity index (χ3n) is 3.24. The summed E-state index contributed by atoms with van der Waals surface area (Å²) in [6, 6.07) is 5.93. The summed E-state index contributed by atoms with van der Waals surface area (Å²) in [4.78, 5) is 6.38. The number of nitriles is 1. The minimum absolute atomic E-state index is 0.528. The maximum Gasteiger partial charge on any atom is 0.207 e. The van der Waals surface area contributed by atoms with Crippen molar-refractivity contribution in [1.29, 1.82) is 5.26 Å². The van der Waals surface area contributed by atoms with Crippen molar-refractivity contribution in [1.82, 2.24) is 15.5 Å². The Balaban J connectivity index is 1.88. The van der Waals surface area contributed by atoms with Crippen LogP contribution in [-0.4, -0.2) is 45.0 Å². The molecule has 7 heteroatoms. The molecule has 0 saturated carbocycles. The first-order valence-electron chi connectivity index (χ1n) is 6.63. The molecule has 0 bridgehead atoms. The summed E-state index contributed by atoms with van der Waals surface area (Å²) in [5.41, 5.74) is 1.18. The highest BCUT2D eigenvalue weighted by Gasteiger charge is 2.12. The minimum Gasteiger partial charge on any atom is -0.493 e. The van der Waals surface area contributed by atoms with Crippen LogP contribution in [0.2, 0.25) is 0 Å². The minimum atomic E-state index is 0.528. The van der Waals surface area contributed by atoms with E-state index in [0.717, 1.165) is 24.5 Å². The van der Waals surface area contributed by atoms with Gasteiger partial charge in [-0.25, -0.2) is 4.99 Å². The highest BCUT2D eigenvalue weighted by molar-refractivity contribution is 5.81. The fourth-order valence-electron chi connectivity index (χ4n) is 2.07. The molecule has 2 rings (SSSR count). The van der Waals surface area contributed by atoms with Gasteiger partial charge in [-0.3, -0.25) is 10.2 Å². The number of hydrogen-bond donors (Lipinski definition) is 2. The van der Waals surface area contributed by atoms with Gasteiger partial charge in [0, 0.05) is 6.54 Å². The van der Waals surface area contributed by atoms with Crippen LogP contribution >= 0.6 is 0 Å². The van der Waals surface area contributed by atoms with Crippen LogP contribution in [0.4, 0.5) is 0 Å². The Labute approximate surface area is 124 Å². The largest absolute Gasteiger partial charge is 0.493 e. The van der Waals surface area contributed by atoms with Gasteiger partial charge in [0.1, 0.15) is 0 Å². The van der Waals surface area contributed by atoms with Crippen molar-refractivity contribution in [3.63, 3.8) is 0 Å². The molecule has 1 aromatic carbocycles. The second-order valence-corrected chi connectivity index (χ2v) is 4.55. The van der Waals surface area contributed by atoms with Gasteiger partial charge in [0.25, 0.3) is 0 Å². The molecule has 2 N–H and O–H groups in total. The van der Waals surface area contributed by atoms with E-state index in [1.807, 2.05) is 24.4 Å². The van der Waals surface area contributed by atoms with E-state index in [9.17, 15) is 0 Å². The van der Waals surface area contributed by atoms with Crippen LogP contribution in [0.25, 0.3) is 0 Å². The third kappa shape index (κ3) is 4.00. The van der Waals surface area contributed by atoms with Crippen molar-refractivity contribution in [3.8, 4) is 17.7 Å². The molecule has 0 aliphatic carbocycles. The van der Waals surface area contributed by atoms with Crippen LogP contribution in [0.5, 0.6) is 11.5 Å². The summed E-state index contributed by atoms with van der Waals surface area (Å²) in [6.45, 7) is 2.11. The molecule has 0 amide bonds. The molecule has 21 heavy (non-hydrogen) atoms. The first-order valence-corrected chi connectivity index (χ1v) is 6.63.